The number of hydrogen-bond donors (Lipinski definition) is 1. The largest absolute Gasteiger partial charge is 0.301 e. The summed E-state index contributed by atoms with van der Waals surface area (Å²) in [6, 6.07) is 3.70. The van der Waals surface area contributed by atoms with Crippen molar-refractivity contribution in [3.05, 3.63) is 0 Å². The number of nitrogens with zero attached hydrogens (tertiary/aromatic N) is 2. The Hall–Kier alpha value is -0.590. The van der Waals surface area contributed by atoms with E-state index in [-0.39, 0.29) is 5.54 Å². The summed E-state index contributed by atoms with van der Waals surface area (Å²) >= 11 is 0. The van der Waals surface area contributed by atoms with Gasteiger partial charge in [0.15, 0.2) is 0 Å². The lowest BCUT2D eigenvalue weighted by Crippen LogP contribution is -2.47. The van der Waals surface area contributed by atoms with Gasteiger partial charge in [-0.2, -0.15) is 5.26 Å². The Morgan fingerprint density at radius 1 is 1.30 bits per heavy atom. The van der Waals surface area contributed by atoms with Crippen LogP contribution in [0.15, 0.2) is 0 Å². The third-order valence-electron chi connectivity index (χ3n) is 4.68. The van der Waals surface area contributed by atoms with Gasteiger partial charge in [0.25, 0.3) is 0 Å². The third kappa shape index (κ3) is 5.07. The van der Waals surface area contributed by atoms with Crippen molar-refractivity contribution < 1.29 is 0 Å². The maximum absolute atomic E-state index is 9.53. The Morgan fingerprint density at radius 3 is 2.40 bits per heavy atom. The van der Waals surface area contributed by atoms with Crippen LogP contribution in [0.25, 0.3) is 0 Å². The van der Waals surface area contributed by atoms with Crippen molar-refractivity contribution in [1.82, 2.24) is 10.2 Å². The van der Waals surface area contributed by atoms with Crippen LogP contribution in [-0.4, -0.2) is 35.6 Å². The molecule has 1 atom stereocenters. The van der Waals surface area contributed by atoms with Gasteiger partial charge < -0.3 is 4.90 Å². The van der Waals surface area contributed by atoms with Crippen LogP contribution in [0.2, 0.25) is 0 Å². The normalized spacial score (nSPS) is 19.4. The fourth-order valence-corrected chi connectivity index (χ4v) is 3.52. The first kappa shape index (κ1) is 17.5. The van der Waals surface area contributed by atoms with E-state index in [0.29, 0.717) is 6.04 Å². The van der Waals surface area contributed by atoms with Crippen molar-refractivity contribution in [2.75, 3.05) is 13.1 Å². The summed E-state index contributed by atoms with van der Waals surface area (Å²) < 4.78 is 0. The second kappa shape index (κ2) is 8.64. The average Bonchev–Trinajstić information content (AvgIpc) is 2.96. The zero-order valence-corrected chi connectivity index (χ0v) is 13.9. The molecule has 0 spiro atoms. The maximum Gasteiger partial charge on any atom is 0.106 e. The highest BCUT2D eigenvalue weighted by atomic mass is 15.1. The van der Waals surface area contributed by atoms with Gasteiger partial charge in [-0.15, -0.1) is 0 Å². The second-order valence-corrected chi connectivity index (χ2v) is 6.52. The van der Waals surface area contributed by atoms with E-state index < -0.39 is 0 Å². The van der Waals surface area contributed by atoms with Crippen molar-refractivity contribution in [2.24, 2.45) is 0 Å². The molecule has 1 aliphatic carbocycles. The van der Waals surface area contributed by atoms with Gasteiger partial charge in [-0.25, -0.2) is 0 Å². The molecule has 0 aromatic rings. The SMILES string of the molecule is CCN(CCCC(C#N)(CC)NC(C)C)C1CCCC1. The third-order valence-corrected chi connectivity index (χ3v) is 4.68. The van der Waals surface area contributed by atoms with Gasteiger partial charge >= 0.3 is 0 Å². The minimum Gasteiger partial charge on any atom is -0.301 e. The highest BCUT2D eigenvalue weighted by Gasteiger charge is 2.28. The molecule has 1 N–H and O–H groups in total. The van der Waals surface area contributed by atoms with Crippen molar-refractivity contribution in [3.8, 4) is 6.07 Å². The fraction of sp³-hybridized carbons (Fsp3) is 0.941. The van der Waals surface area contributed by atoms with Crippen molar-refractivity contribution >= 4 is 0 Å². The topological polar surface area (TPSA) is 39.1 Å². The quantitative estimate of drug-likeness (QED) is 0.699. The van der Waals surface area contributed by atoms with Crippen molar-refractivity contribution in [2.45, 2.75) is 90.3 Å². The van der Waals surface area contributed by atoms with E-state index in [2.05, 4.69) is 44.0 Å². The van der Waals surface area contributed by atoms with Gasteiger partial charge in [-0.1, -0.05) is 26.7 Å². The summed E-state index contributed by atoms with van der Waals surface area (Å²) in [5.41, 5.74) is -0.330. The van der Waals surface area contributed by atoms with Crippen LogP contribution >= 0.6 is 0 Å². The smallest absolute Gasteiger partial charge is 0.106 e. The van der Waals surface area contributed by atoms with Crippen LogP contribution in [0, 0.1) is 11.3 Å². The molecule has 3 heteroatoms. The molecule has 1 aliphatic rings. The molecule has 3 nitrogen and oxygen atoms in total. The predicted octanol–water partition coefficient (Wildman–Crippen LogP) is 3.70. The standard InChI is InChI=1S/C17H33N3/c1-5-17(14-18,19-15(3)4)12-9-13-20(6-2)16-10-7-8-11-16/h15-16,19H,5-13H2,1-4H3. The Kier molecular flexibility index (Phi) is 7.55. The zero-order chi connectivity index (χ0) is 15.0. The first-order chi connectivity index (χ1) is 9.56. The van der Waals surface area contributed by atoms with Gasteiger partial charge in [-0.05, 0) is 59.0 Å². The Balaban J connectivity index is 2.44. The van der Waals surface area contributed by atoms with Crippen molar-refractivity contribution in [1.29, 1.82) is 5.26 Å². The molecule has 1 saturated carbocycles. The Morgan fingerprint density at radius 2 is 1.95 bits per heavy atom. The molecular weight excluding hydrogens is 246 g/mol. The van der Waals surface area contributed by atoms with Crippen LogP contribution < -0.4 is 5.32 Å². The lowest BCUT2D eigenvalue weighted by Gasteiger charge is -2.32. The number of nitriles is 1. The molecule has 0 aliphatic heterocycles. The van der Waals surface area contributed by atoms with Crippen LogP contribution in [0.4, 0.5) is 0 Å². The predicted molar refractivity (Wildman–Crippen MR) is 85.6 cm³/mol. The summed E-state index contributed by atoms with van der Waals surface area (Å²) in [7, 11) is 0. The molecule has 20 heavy (non-hydrogen) atoms. The van der Waals surface area contributed by atoms with Gasteiger partial charge in [-0.3, -0.25) is 5.32 Å². The van der Waals surface area contributed by atoms with E-state index in [4.69, 9.17) is 0 Å². The van der Waals surface area contributed by atoms with Crippen molar-refractivity contribution in [3.63, 3.8) is 0 Å². The summed E-state index contributed by atoms with van der Waals surface area (Å²) in [5.74, 6) is 0. The highest BCUT2D eigenvalue weighted by molar-refractivity contribution is 5.06. The molecule has 0 radical (unpaired) electrons. The van der Waals surface area contributed by atoms with E-state index in [0.717, 1.165) is 38.4 Å². The second-order valence-electron chi connectivity index (χ2n) is 6.52. The van der Waals surface area contributed by atoms with E-state index >= 15 is 0 Å². The summed E-state index contributed by atoms with van der Waals surface area (Å²) in [5, 5.41) is 13.0. The first-order valence-corrected chi connectivity index (χ1v) is 8.50. The highest BCUT2D eigenvalue weighted by Crippen LogP contribution is 2.24. The van der Waals surface area contributed by atoms with E-state index in [1.54, 1.807) is 0 Å². The summed E-state index contributed by atoms with van der Waals surface area (Å²) in [4.78, 5) is 2.63. The molecular formula is C17H33N3. The van der Waals surface area contributed by atoms with Crippen LogP contribution in [0.1, 0.15) is 72.6 Å². The number of rotatable bonds is 9. The molecule has 0 aromatic heterocycles. The molecule has 1 rings (SSSR count). The Labute approximate surface area is 125 Å². The van der Waals surface area contributed by atoms with Gasteiger partial charge in [0.05, 0.1) is 6.07 Å². The zero-order valence-electron chi connectivity index (χ0n) is 13.9. The van der Waals surface area contributed by atoms with Gasteiger partial charge in [0.2, 0.25) is 0 Å². The first-order valence-electron chi connectivity index (χ1n) is 8.50. The molecule has 1 fully saturated rings. The lowest BCUT2D eigenvalue weighted by atomic mass is 9.91. The average molecular weight is 279 g/mol. The van der Waals surface area contributed by atoms with Gasteiger partial charge in [0.1, 0.15) is 5.54 Å². The van der Waals surface area contributed by atoms with E-state index in [9.17, 15) is 5.26 Å². The minimum absolute atomic E-state index is 0.330. The van der Waals surface area contributed by atoms with E-state index in [1.807, 2.05) is 0 Å². The maximum atomic E-state index is 9.53. The lowest BCUT2D eigenvalue weighted by molar-refractivity contribution is 0.196. The van der Waals surface area contributed by atoms with Gasteiger partial charge in [0, 0.05) is 12.1 Å². The van der Waals surface area contributed by atoms with Crippen LogP contribution in [0.5, 0.6) is 0 Å². The van der Waals surface area contributed by atoms with Crippen LogP contribution in [0.3, 0.4) is 0 Å². The molecule has 0 heterocycles. The van der Waals surface area contributed by atoms with Crippen LogP contribution in [-0.2, 0) is 0 Å². The number of nitrogens with one attached hydrogen (secondary N) is 1. The molecule has 0 amide bonds. The van der Waals surface area contributed by atoms with E-state index in [1.165, 1.54) is 25.7 Å². The summed E-state index contributed by atoms with van der Waals surface area (Å²) in [6.07, 6.45) is 8.49. The fourth-order valence-electron chi connectivity index (χ4n) is 3.52. The monoisotopic (exact) mass is 279 g/mol. The molecule has 0 aromatic carbocycles. The molecule has 0 bridgehead atoms. The minimum atomic E-state index is -0.330. The molecule has 0 saturated heterocycles. The summed E-state index contributed by atoms with van der Waals surface area (Å²) in [6.45, 7) is 10.9. The molecule has 1 unspecified atom stereocenters. The molecule has 116 valence electrons. The number of hydrogen-bond acceptors (Lipinski definition) is 3. The Bertz CT molecular complexity index is 302.